The zero-order chi connectivity index (χ0) is 16.7. The molecule has 2 aromatic rings. The fraction of sp³-hybridized carbons (Fsp3) is 0.444. The van der Waals surface area contributed by atoms with Crippen LogP contribution in [0, 0.1) is 0 Å². The van der Waals surface area contributed by atoms with Crippen LogP contribution in [0.2, 0.25) is 0 Å². The third-order valence-electron chi connectivity index (χ3n) is 3.55. The van der Waals surface area contributed by atoms with Crippen molar-refractivity contribution < 1.29 is 4.74 Å². The van der Waals surface area contributed by atoms with E-state index in [0.29, 0.717) is 6.04 Å². The molecule has 2 rings (SSSR count). The number of nitrogens with zero attached hydrogens (tertiary/aromatic N) is 3. The van der Waals surface area contributed by atoms with Crippen LogP contribution in [0.5, 0.6) is 5.75 Å². The van der Waals surface area contributed by atoms with E-state index in [1.165, 1.54) is 0 Å². The number of nitrogens with one attached hydrogen (secondary N) is 1. The number of aliphatic imine (C=N–C) groups is 1. The normalized spacial score (nSPS) is 12.5. The van der Waals surface area contributed by atoms with Crippen LogP contribution < -0.4 is 10.1 Å². The summed E-state index contributed by atoms with van der Waals surface area (Å²) in [6, 6.07) is 8.36. The number of hydrogen-bond donors (Lipinski definition) is 1. The van der Waals surface area contributed by atoms with Gasteiger partial charge in [0.2, 0.25) is 0 Å². The molecule has 0 aliphatic rings. The van der Waals surface area contributed by atoms with E-state index in [1.807, 2.05) is 49.7 Å². The monoisotopic (exact) mass is 314 g/mol. The molecule has 0 aliphatic heterocycles. The minimum atomic E-state index is 0.349. The van der Waals surface area contributed by atoms with Gasteiger partial charge in [0.15, 0.2) is 0 Å². The molecular weight excluding hydrogens is 288 g/mol. The Kier molecular flexibility index (Phi) is 6.20. The third kappa shape index (κ3) is 5.13. The summed E-state index contributed by atoms with van der Waals surface area (Å²) >= 11 is 0. The van der Waals surface area contributed by atoms with Crippen LogP contribution >= 0.6 is 0 Å². The van der Waals surface area contributed by atoms with E-state index in [-0.39, 0.29) is 0 Å². The van der Waals surface area contributed by atoms with Gasteiger partial charge < -0.3 is 15.0 Å². The van der Waals surface area contributed by atoms with Crippen molar-refractivity contribution in [2.75, 3.05) is 33.1 Å². The first kappa shape index (κ1) is 17.1. The number of aromatic nitrogens is 1. The van der Waals surface area contributed by atoms with Gasteiger partial charge in [-0.15, -0.1) is 0 Å². The summed E-state index contributed by atoms with van der Waals surface area (Å²) in [5.41, 5.74) is 2.00. The second-order valence-corrected chi connectivity index (χ2v) is 5.92. The number of pyridine rings is 1. The van der Waals surface area contributed by atoms with Gasteiger partial charge in [0.1, 0.15) is 5.75 Å². The van der Waals surface area contributed by atoms with E-state index in [1.54, 1.807) is 7.11 Å². The van der Waals surface area contributed by atoms with Crippen molar-refractivity contribution >= 4 is 22.9 Å². The molecule has 1 heterocycles. The van der Waals surface area contributed by atoms with E-state index in [4.69, 9.17) is 4.74 Å². The summed E-state index contributed by atoms with van der Waals surface area (Å²) in [6.07, 6.45) is 5.78. The van der Waals surface area contributed by atoms with Crippen molar-refractivity contribution in [1.29, 1.82) is 0 Å². The second kappa shape index (κ2) is 8.36. The summed E-state index contributed by atoms with van der Waals surface area (Å²) in [5, 5.41) is 4.64. The molecule has 0 amide bonds. The summed E-state index contributed by atoms with van der Waals surface area (Å²) in [4.78, 5) is 10.8. The fourth-order valence-electron chi connectivity index (χ4n) is 2.44. The Labute approximate surface area is 138 Å². The maximum Gasteiger partial charge on any atom is 0.121 e. The predicted octanol–water partition coefficient (Wildman–Crippen LogP) is 3.41. The van der Waals surface area contributed by atoms with Gasteiger partial charge in [-0.05, 0) is 31.9 Å². The largest absolute Gasteiger partial charge is 0.497 e. The van der Waals surface area contributed by atoms with Gasteiger partial charge in [-0.25, -0.2) is 0 Å². The van der Waals surface area contributed by atoms with Gasteiger partial charge in [0.05, 0.1) is 24.7 Å². The van der Waals surface area contributed by atoms with E-state index < -0.39 is 0 Å². The van der Waals surface area contributed by atoms with E-state index in [0.717, 1.165) is 41.7 Å². The standard InChI is InChI=1S/C18H26N4O/c1-14(7-5-9-19-13-22(2)3)21-17-12-16(23-4)11-15-8-6-10-20-18(15)17/h6,8,10-14,21H,5,7,9H2,1-4H3. The average Bonchev–Trinajstić information content (AvgIpc) is 2.54. The molecule has 124 valence electrons. The van der Waals surface area contributed by atoms with E-state index >= 15 is 0 Å². The van der Waals surface area contributed by atoms with Crippen LogP contribution in [0.25, 0.3) is 10.9 Å². The zero-order valence-corrected chi connectivity index (χ0v) is 14.4. The third-order valence-corrected chi connectivity index (χ3v) is 3.55. The smallest absolute Gasteiger partial charge is 0.121 e. The van der Waals surface area contributed by atoms with Gasteiger partial charge >= 0.3 is 0 Å². The molecule has 1 aromatic carbocycles. The molecule has 0 bridgehead atoms. The van der Waals surface area contributed by atoms with Crippen molar-refractivity contribution in [3.8, 4) is 5.75 Å². The van der Waals surface area contributed by atoms with Gasteiger partial charge in [-0.2, -0.15) is 0 Å². The molecule has 1 unspecified atom stereocenters. The summed E-state index contributed by atoms with van der Waals surface area (Å²) < 4.78 is 5.39. The van der Waals surface area contributed by atoms with E-state index in [2.05, 4.69) is 28.3 Å². The molecule has 0 aliphatic carbocycles. The number of fused-ring (bicyclic) bond motifs is 1. The maximum absolute atomic E-state index is 5.39. The molecule has 0 saturated carbocycles. The first-order chi connectivity index (χ1) is 11.1. The van der Waals surface area contributed by atoms with Crippen LogP contribution in [-0.2, 0) is 0 Å². The lowest BCUT2D eigenvalue weighted by atomic mass is 10.1. The molecule has 1 atom stereocenters. The highest BCUT2D eigenvalue weighted by atomic mass is 16.5. The lowest BCUT2D eigenvalue weighted by Crippen LogP contribution is -2.16. The molecule has 0 radical (unpaired) electrons. The van der Waals surface area contributed by atoms with Gasteiger partial charge in [0.25, 0.3) is 0 Å². The maximum atomic E-state index is 5.39. The topological polar surface area (TPSA) is 49.8 Å². The van der Waals surface area contributed by atoms with Gasteiger partial charge in [0, 0.05) is 44.3 Å². The molecule has 1 aromatic heterocycles. The minimum absolute atomic E-state index is 0.349. The van der Waals surface area contributed by atoms with E-state index in [9.17, 15) is 0 Å². The molecule has 23 heavy (non-hydrogen) atoms. The summed E-state index contributed by atoms with van der Waals surface area (Å²) in [5.74, 6) is 0.843. The van der Waals surface area contributed by atoms with Crippen LogP contribution in [0.3, 0.4) is 0 Å². The predicted molar refractivity (Wildman–Crippen MR) is 97.7 cm³/mol. The van der Waals surface area contributed by atoms with Crippen LogP contribution in [0.1, 0.15) is 19.8 Å². The number of hydrogen-bond acceptors (Lipinski definition) is 4. The van der Waals surface area contributed by atoms with Crippen molar-refractivity contribution in [3.63, 3.8) is 0 Å². The molecule has 1 N–H and O–H groups in total. The van der Waals surface area contributed by atoms with Crippen molar-refractivity contribution in [2.24, 2.45) is 4.99 Å². The van der Waals surface area contributed by atoms with Crippen molar-refractivity contribution in [2.45, 2.75) is 25.8 Å². The van der Waals surface area contributed by atoms with Crippen LogP contribution in [0.4, 0.5) is 5.69 Å². The van der Waals surface area contributed by atoms with Crippen molar-refractivity contribution in [1.82, 2.24) is 9.88 Å². The molecule has 5 heteroatoms. The lowest BCUT2D eigenvalue weighted by Gasteiger charge is -2.17. The first-order valence-electron chi connectivity index (χ1n) is 7.96. The highest BCUT2D eigenvalue weighted by molar-refractivity contribution is 5.91. The Hall–Kier alpha value is -2.30. The second-order valence-electron chi connectivity index (χ2n) is 5.92. The SMILES string of the molecule is COc1cc(NC(C)CCCN=CN(C)C)c2ncccc2c1. The highest BCUT2D eigenvalue weighted by Crippen LogP contribution is 2.28. The Bertz CT molecular complexity index is 655. The molecule has 5 nitrogen and oxygen atoms in total. The number of anilines is 1. The number of rotatable bonds is 8. The molecule has 0 spiro atoms. The van der Waals surface area contributed by atoms with Crippen LogP contribution in [-0.4, -0.2) is 50.0 Å². The Morgan fingerprint density at radius 3 is 2.96 bits per heavy atom. The highest BCUT2D eigenvalue weighted by Gasteiger charge is 2.08. The summed E-state index contributed by atoms with van der Waals surface area (Å²) in [7, 11) is 5.65. The Balaban J connectivity index is 2.00. The average molecular weight is 314 g/mol. The quantitative estimate of drug-likeness (QED) is 0.461. The van der Waals surface area contributed by atoms with Crippen molar-refractivity contribution in [3.05, 3.63) is 30.5 Å². The van der Waals surface area contributed by atoms with Gasteiger partial charge in [-0.1, -0.05) is 6.07 Å². The van der Waals surface area contributed by atoms with Gasteiger partial charge in [-0.3, -0.25) is 9.98 Å². The lowest BCUT2D eigenvalue weighted by molar-refractivity contribution is 0.415. The minimum Gasteiger partial charge on any atom is -0.497 e. The first-order valence-corrected chi connectivity index (χ1v) is 7.96. The molecular formula is C18H26N4O. The molecule has 0 fully saturated rings. The Morgan fingerprint density at radius 1 is 1.39 bits per heavy atom. The molecule has 0 saturated heterocycles. The zero-order valence-electron chi connectivity index (χ0n) is 14.4. The van der Waals surface area contributed by atoms with Crippen LogP contribution in [0.15, 0.2) is 35.5 Å². The number of methoxy groups -OCH3 is 1. The fourth-order valence-corrected chi connectivity index (χ4v) is 2.44. The Morgan fingerprint density at radius 2 is 2.22 bits per heavy atom. The number of benzene rings is 1. The number of ether oxygens (including phenoxy) is 1. The summed E-state index contributed by atoms with van der Waals surface area (Å²) in [6.45, 7) is 3.03.